The molecule has 0 aliphatic carbocycles. The highest BCUT2D eigenvalue weighted by atomic mass is 35.5. The maximum absolute atomic E-state index is 12.1. The molecule has 1 heterocycles. The van der Waals surface area contributed by atoms with Gasteiger partial charge in [0.1, 0.15) is 5.75 Å². The minimum Gasteiger partial charge on any atom is -0.355 e. The molecule has 0 bridgehead atoms. The Morgan fingerprint density at radius 1 is 1.30 bits per heavy atom. The van der Waals surface area contributed by atoms with E-state index in [1.165, 1.54) is 24.3 Å². The van der Waals surface area contributed by atoms with Crippen LogP contribution in [0.3, 0.4) is 0 Å². The summed E-state index contributed by atoms with van der Waals surface area (Å²) >= 11 is 5.73. The molecule has 2 N–H and O–H groups in total. The molecule has 1 fully saturated rings. The summed E-state index contributed by atoms with van der Waals surface area (Å²) in [6.07, 6.45) is 3.19. The lowest BCUT2D eigenvalue weighted by molar-refractivity contribution is -0.118. The van der Waals surface area contributed by atoms with E-state index in [1.807, 2.05) is 0 Å². The summed E-state index contributed by atoms with van der Waals surface area (Å²) in [6, 6.07) is 5.84. The maximum atomic E-state index is 12.1. The van der Waals surface area contributed by atoms with Gasteiger partial charge in [0.25, 0.3) is 0 Å². The Morgan fingerprint density at radius 2 is 2.00 bits per heavy atom. The lowest BCUT2D eigenvalue weighted by Crippen LogP contribution is -2.35. The van der Waals surface area contributed by atoms with Gasteiger partial charge in [-0.05, 0) is 62.5 Å². The van der Waals surface area contributed by atoms with Crippen molar-refractivity contribution in [2.75, 3.05) is 25.4 Å². The van der Waals surface area contributed by atoms with Gasteiger partial charge in [0, 0.05) is 11.6 Å². The van der Waals surface area contributed by atoms with Crippen LogP contribution in [0.5, 0.6) is 0 Å². The van der Waals surface area contributed by atoms with Gasteiger partial charge in [-0.3, -0.25) is 4.79 Å². The molecule has 8 heteroatoms. The third-order valence-corrected chi connectivity index (χ3v) is 5.65. The van der Waals surface area contributed by atoms with Gasteiger partial charge in [0.15, 0.2) is 9.84 Å². The molecule has 5 nitrogen and oxygen atoms in total. The molecule has 0 aromatic heterocycles. The van der Waals surface area contributed by atoms with Gasteiger partial charge in [-0.2, -0.15) is 0 Å². The average molecular weight is 381 g/mol. The Bertz CT molecular complexity index is 600. The first kappa shape index (κ1) is 20.2. The van der Waals surface area contributed by atoms with Crippen LogP contribution in [0.1, 0.15) is 19.3 Å². The van der Waals surface area contributed by atoms with Gasteiger partial charge >= 0.3 is 0 Å². The SMILES string of the molecule is Cl.O=C(CS(=O)(=O)c1ccc(Cl)cc1)NCCC1CCCNC1. The van der Waals surface area contributed by atoms with Gasteiger partial charge in [-0.25, -0.2) is 8.42 Å². The molecule has 1 aromatic carbocycles. The smallest absolute Gasteiger partial charge is 0.235 e. The largest absolute Gasteiger partial charge is 0.355 e. The van der Waals surface area contributed by atoms with Crippen molar-refractivity contribution in [2.24, 2.45) is 5.92 Å². The summed E-state index contributed by atoms with van der Waals surface area (Å²) in [5.74, 6) is -0.432. The molecule has 0 radical (unpaired) electrons. The first-order valence-electron chi connectivity index (χ1n) is 7.43. The number of rotatable bonds is 6. The van der Waals surface area contributed by atoms with E-state index < -0.39 is 21.5 Å². The summed E-state index contributed by atoms with van der Waals surface area (Å²) in [7, 11) is -3.61. The summed E-state index contributed by atoms with van der Waals surface area (Å²) in [4.78, 5) is 11.9. The lowest BCUT2D eigenvalue weighted by Gasteiger charge is -2.22. The predicted octanol–water partition coefficient (Wildman–Crippen LogP) is 2.04. The zero-order chi connectivity index (χ0) is 16.0. The number of hydrogen-bond donors (Lipinski definition) is 2. The number of hydrogen-bond acceptors (Lipinski definition) is 4. The number of amides is 1. The minimum atomic E-state index is -3.61. The molecular weight excluding hydrogens is 359 g/mol. The molecule has 1 aliphatic heterocycles. The number of piperidine rings is 1. The molecule has 0 spiro atoms. The van der Waals surface area contributed by atoms with E-state index in [1.54, 1.807) is 0 Å². The second-order valence-corrected chi connectivity index (χ2v) is 7.99. The molecular formula is C15H22Cl2N2O3S. The fourth-order valence-electron chi connectivity index (χ4n) is 2.53. The summed E-state index contributed by atoms with van der Waals surface area (Å²) in [5.41, 5.74) is 0. The zero-order valence-electron chi connectivity index (χ0n) is 12.8. The number of halogens is 2. The van der Waals surface area contributed by atoms with Crippen molar-refractivity contribution in [1.82, 2.24) is 10.6 Å². The molecule has 2 rings (SSSR count). The van der Waals surface area contributed by atoms with E-state index in [0.717, 1.165) is 32.4 Å². The summed E-state index contributed by atoms with van der Waals surface area (Å²) in [5, 5.41) is 6.48. The van der Waals surface area contributed by atoms with Gasteiger partial charge in [-0.15, -0.1) is 12.4 Å². The van der Waals surface area contributed by atoms with E-state index in [9.17, 15) is 13.2 Å². The van der Waals surface area contributed by atoms with Crippen LogP contribution in [0.25, 0.3) is 0 Å². The third kappa shape index (κ3) is 6.67. The Hall–Kier alpha value is -0.820. The van der Waals surface area contributed by atoms with Gasteiger partial charge in [-0.1, -0.05) is 11.6 Å². The number of carbonyl (C=O) groups is 1. The normalized spacial score (nSPS) is 18.0. The fourth-order valence-corrected chi connectivity index (χ4v) is 3.83. The van der Waals surface area contributed by atoms with Crippen molar-refractivity contribution in [2.45, 2.75) is 24.2 Å². The number of sulfone groups is 1. The van der Waals surface area contributed by atoms with Crippen molar-refractivity contribution in [3.63, 3.8) is 0 Å². The van der Waals surface area contributed by atoms with Crippen molar-refractivity contribution in [3.05, 3.63) is 29.3 Å². The topological polar surface area (TPSA) is 75.3 Å². The maximum Gasteiger partial charge on any atom is 0.235 e. The molecule has 1 atom stereocenters. The highest BCUT2D eigenvalue weighted by molar-refractivity contribution is 7.92. The van der Waals surface area contributed by atoms with E-state index in [4.69, 9.17) is 11.6 Å². The first-order valence-corrected chi connectivity index (χ1v) is 9.46. The van der Waals surface area contributed by atoms with E-state index >= 15 is 0 Å². The number of carbonyl (C=O) groups excluding carboxylic acids is 1. The molecule has 0 saturated carbocycles. The van der Waals surface area contributed by atoms with Crippen LogP contribution in [0.2, 0.25) is 5.02 Å². The molecule has 1 unspecified atom stereocenters. The van der Waals surface area contributed by atoms with Crippen LogP contribution < -0.4 is 10.6 Å². The molecule has 1 amide bonds. The second-order valence-electron chi connectivity index (χ2n) is 5.56. The highest BCUT2D eigenvalue weighted by Crippen LogP contribution is 2.15. The van der Waals surface area contributed by atoms with Crippen LogP contribution >= 0.6 is 24.0 Å². The van der Waals surface area contributed by atoms with Gasteiger partial charge in [0.2, 0.25) is 5.91 Å². The fraction of sp³-hybridized carbons (Fsp3) is 0.533. The van der Waals surface area contributed by atoms with Gasteiger partial charge in [0.05, 0.1) is 4.90 Å². The molecule has 23 heavy (non-hydrogen) atoms. The highest BCUT2D eigenvalue weighted by Gasteiger charge is 2.19. The quantitative estimate of drug-likeness (QED) is 0.791. The standard InChI is InChI=1S/C15H21ClN2O3S.ClH/c16-13-3-5-14(6-4-13)22(20,21)11-15(19)18-9-7-12-2-1-8-17-10-12;/h3-6,12,17H,1-2,7-11H2,(H,18,19);1H. The van der Waals surface area contributed by atoms with E-state index in [0.29, 0.717) is 17.5 Å². The minimum absolute atomic E-state index is 0. The van der Waals surface area contributed by atoms with E-state index in [-0.39, 0.29) is 17.3 Å². The number of nitrogens with one attached hydrogen (secondary N) is 2. The number of benzene rings is 1. The van der Waals surface area contributed by atoms with Crippen LogP contribution in [0.15, 0.2) is 29.2 Å². The van der Waals surface area contributed by atoms with Crippen molar-refractivity contribution in [3.8, 4) is 0 Å². The average Bonchev–Trinajstić information content (AvgIpc) is 2.48. The molecule has 130 valence electrons. The molecule has 1 aromatic rings. The molecule has 1 aliphatic rings. The Kier molecular flexibility index (Phi) is 8.33. The summed E-state index contributed by atoms with van der Waals surface area (Å²) in [6.45, 7) is 2.54. The van der Waals surface area contributed by atoms with Crippen LogP contribution in [-0.2, 0) is 14.6 Å². The Balaban J connectivity index is 0.00000264. The Labute approximate surface area is 148 Å². The molecule has 1 saturated heterocycles. The van der Waals surface area contributed by atoms with Crippen LogP contribution in [0.4, 0.5) is 0 Å². The monoisotopic (exact) mass is 380 g/mol. The van der Waals surface area contributed by atoms with Crippen LogP contribution in [-0.4, -0.2) is 39.7 Å². The lowest BCUT2D eigenvalue weighted by atomic mass is 9.96. The van der Waals surface area contributed by atoms with Crippen molar-refractivity contribution in [1.29, 1.82) is 0 Å². The second kappa shape index (κ2) is 9.47. The van der Waals surface area contributed by atoms with Crippen molar-refractivity contribution >= 4 is 39.8 Å². The Morgan fingerprint density at radius 3 is 2.61 bits per heavy atom. The zero-order valence-corrected chi connectivity index (χ0v) is 15.1. The van der Waals surface area contributed by atoms with Gasteiger partial charge < -0.3 is 10.6 Å². The third-order valence-electron chi connectivity index (χ3n) is 3.77. The first-order chi connectivity index (χ1) is 10.5. The van der Waals surface area contributed by atoms with Crippen LogP contribution in [0, 0.1) is 5.92 Å². The van der Waals surface area contributed by atoms with E-state index in [2.05, 4.69) is 10.6 Å². The summed E-state index contributed by atoms with van der Waals surface area (Å²) < 4.78 is 24.2. The van der Waals surface area contributed by atoms with Crippen molar-refractivity contribution < 1.29 is 13.2 Å². The predicted molar refractivity (Wildman–Crippen MR) is 94.0 cm³/mol.